The molecule has 10 nitrogen and oxygen atoms in total. The summed E-state index contributed by atoms with van der Waals surface area (Å²) in [6.07, 6.45) is 4.22. The third kappa shape index (κ3) is 6.33. The molecule has 1 aliphatic carbocycles. The van der Waals surface area contributed by atoms with Crippen LogP contribution in [-0.2, 0) is 14.3 Å². The molecule has 10 heteroatoms. The van der Waals surface area contributed by atoms with E-state index in [0.29, 0.717) is 48.3 Å². The van der Waals surface area contributed by atoms with Gasteiger partial charge < -0.3 is 28.6 Å². The quantitative estimate of drug-likeness (QED) is 0.391. The predicted octanol–water partition coefficient (Wildman–Crippen LogP) is 4.06. The molecule has 1 atom stereocenters. The second kappa shape index (κ2) is 13.5. The highest BCUT2D eigenvalue weighted by atomic mass is 16.5. The molecule has 1 heterocycles. The van der Waals surface area contributed by atoms with E-state index in [0.717, 1.165) is 36.8 Å². The molecule has 2 aliphatic rings. The van der Waals surface area contributed by atoms with Crippen molar-refractivity contribution < 1.29 is 33.3 Å². The van der Waals surface area contributed by atoms with Gasteiger partial charge in [-0.3, -0.25) is 9.59 Å². The minimum atomic E-state index is -0.417. The summed E-state index contributed by atoms with van der Waals surface area (Å²) in [6, 6.07) is 10.7. The Morgan fingerprint density at radius 1 is 0.900 bits per heavy atom. The van der Waals surface area contributed by atoms with Gasteiger partial charge in [0.1, 0.15) is 18.0 Å². The maximum absolute atomic E-state index is 13.9. The number of rotatable bonds is 12. The van der Waals surface area contributed by atoms with Gasteiger partial charge in [-0.05, 0) is 42.7 Å². The summed E-state index contributed by atoms with van der Waals surface area (Å²) in [4.78, 5) is 28.9. The molecule has 0 N–H and O–H groups in total. The van der Waals surface area contributed by atoms with Crippen molar-refractivity contribution in [2.45, 2.75) is 38.1 Å². The van der Waals surface area contributed by atoms with Gasteiger partial charge in [0.2, 0.25) is 5.91 Å². The highest BCUT2D eigenvalue weighted by Crippen LogP contribution is 2.39. The van der Waals surface area contributed by atoms with E-state index in [2.05, 4.69) is 0 Å². The molecule has 2 aromatic rings. The van der Waals surface area contributed by atoms with E-state index in [4.69, 9.17) is 28.8 Å². The molecular formula is C30H39N3O7. The number of amides is 2. The van der Waals surface area contributed by atoms with Crippen molar-refractivity contribution in [2.75, 3.05) is 55.2 Å². The maximum Gasteiger partial charge on any atom is 0.262 e. The first-order chi connectivity index (χ1) is 19.4. The number of benzene rings is 2. The largest absolute Gasteiger partial charge is 0.497 e. The lowest BCUT2D eigenvalue weighted by molar-refractivity contribution is -0.144. The van der Waals surface area contributed by atoms with Crippen LogP contribution in [0.1, 0.15) is 49.3 Å². The molecule has 4 rings (SSSR count). The molecule has 2 aromatic carbocycles. The molecule has 0 spiro atoms. The van der Waals surface area contributed by atoms with E-state index in [1.165, 1.54) is 5.01 Å². The average Bonchev–Trinajstić information content (AvgIpc) is 3.69. The van der Waals surface area contributed by atoms with E-state index in [-0.39, 0.29) is 24.3 Å². The van der Waals surface area contributed by atoms with Gasteiger partial charge in [-0.2, -0.15) is 5.10 Å². The fraction of sp³-hybridized carbons (Fsp3) is 0.500. The number of hydrazone groups is 1. The highest BCUT2D eigenvalue weighted by molar-refractivity contribution is 6.05. The standard InChI is InChI=1S/C30H39N3O7/c1-36-15-14-32(30(35)20-8-6-7-9-20)19-29(34)33-25(21-10-13-26(38-3)28(16-21)40-5)18-24(31-33)23-12-11-22(37-2)17-27(23)39-4/h10-13,16-17,20,25H,6-9,14-15,18-19H2,1-5H3/t25-/m1/s1. The van der Waals surface area contributed by atoms with Gasteiger partial charge in [0.05, 0.1) is 46.8 Å². The van der Waals surface area contributed by atoms with Crippen LogP contribution in [0.25, 0.3) is 0 Å². The summed E-state index contributed by atoms with van der Waals surface area (Å²) in [5.41, 5.74) is 2.29. The van der Waals surface area contributed by atoms with E-state index in [9.17, 15) is 9.59 Å². The monoisotopic (exact) mass is 553 g/mol. The average molecular weight is 554 g/mol. The smallest absolute Gasteiger partial charge is 0.262 e. The van der Waals surface area contributed by atoms with E-state index < -0.39 is 6.04 Å². The summed E-state index contributed by atoms with van der Waals surface area (Å²) < 4.78 is 27.2. The first kappa shape index (κ1) is 29.2. The molecule has 1 saturated carbocycles. The van der Waals surface area contributed by atoms with Crippen molar-refractivity contribution in [3.05, 3.63) is 47.5 Å². The molecule has 1 fully saturated rings. The zero-order valence-electron chi connectivity index (χ0n) is 24.0. The van der Waals surface area contributed by atoms with Crippen molar-refractivity contribution in [1.29, 1.82) is 0 Å². The first-order valence-electron chi connectivity index (χ1n) is 13.6. The van der Waals surface area contributed by atoms with Crippen LogP contribution >= 0.6 is 0 Å². The van der Waals surface area contributed by atoms with Crippen molar-refractivity contribution in [3.63, 3.8) is 0 Å². The summed E-state index contributed by atoms with van der Waals surface area (Å²) in [6.45, 7) is 0.608. The summed E-state index contributed by atoms with van der Waals surface area (Å²) in [5, 5.41) is 6.29. The predicted molar refractivity (Wildman–Crippen MR) is 150 cm³/mol. The van der Waals surface area contributed by atoms with E-state index >= 15 is 0 Å². The molecule has 2 amide bonds. The zero-order chi connectivity index (χ0) is 28.6. The lowest BCUT2D eigenvalue weighted by atomic mass is 9.97. The van der Waals surface area contributed by atoms with Crippen molar-refractivity contribution >= 4 is 17.5 Å². The van der Waals surface area contributed by atoms with E-state index in [1.54, 1.807) is 46.5 Å². The second-order valence-corrected chi connectivity index (χ2v) is 9.92. The minimum Gasteiger partial charge on any atom is -0.497 e. The fourth-order valence-electron chi connectivity index (χ4n) is 5.39. The second-order valence-electron chi connectivity index (χ2n) is 9.92. The van der Waals surface area contributed by atoms with Crippen molar-refractivity contribution in [1.82, 2.24) is 9.91 Å². The Hall–Kier alpha value is -3.79. The summed E-state index contributed by atoms with van der Waals surface area (Å²) in [7, 11) is 7.93. The topological polar surface area (TPSA) is 99.1 Å². The van der Waals surface area contributed by atoms with Crippen LogP contribution in [0.5, 0.6) is 23.0 Å². The Morgan fingerprint density at radius 2 is 1.62 bits per heavy atom. The number of carbonyl (C=O) groups is 2. The van der Waals surface area contributed by atoms with Gasteiger partial charge >= 0.3 is 0 Å². The normalized spacial score (nSPS) is 17.0. The van der Waals surface area contributed by atoms with Crippen LogP contribution in [0, 0.1) is 5.92 Å². The number of hydrogen-bond acceptors (Lipinski definition) is 8. The van der Waals surface area contributed by atoms with E-state index in [1.807, 2.05) is 30.3 Å². The van der Waals surface area contributed by atoms with Crippen LogP contribution in [0.15, 0.2) is 41.5 Å². The fourth-order valence-corrected chi connectivity index (χ4v) is 5.39. The molecule has 1 aliphatic heterocycles. The van der Waals surface area contributed by atoms with Gasteiger partial charge in [0, 0.05) is 37.6 Å². The summed E-state index contributed by atoms with van der Waals surface area (Å²) >= 11 is 0. The Morgan fingerprint density at radius 3 is 2.27 bits per heavy atom. The molecule has 216 valence electrons. The number of methoxy groups -OCH3 is 5. The Labute approximate surface area is 235 Å². The van der Waals surface area contributed by atoms with Crippen LogP contribution in [0.3, 0.4) is 0 Å². The van der Waals surface area contributed by atoms with Gasteiger partial charge in [-0.15, -0.1) is 0 Å². The summed E-state index contributed by atoms with van der Waals surface area (Å²) in [5.74, 6) is 2.08. The number of nitrogens with zero attached hydrogens (tertiary/aromatic N) is 3. The number of hydrogen-bond donors (Lipinski definition) is 0. The van der Waals surface area contributed by atoms with Crippen LogP contribution in [0.2, 0.25) is 0 Å². The molecule has 0 unspecified atom stereocenters. The molecule has 0 saturated heterocycles. The number of carbonyl (C=O) groups excluding carboxylic acids is 2. The van der Waals surface area contributed by atoms with Gasteiger partial charge in [-0.25, -0.2) is 5.01 Å². The van der Waals surface area contributed by atoms with Crippen molar-refractivity contribution in [3.8, 4) is 23.0 Å². The Balaban J connectivity index is 1.69. The SMILES string of the molecule is COCCN(CC(=O)N1N=C(c2ccc(OC)cc2OC)C[C@@H]1c1ccc(OC)c(OC)c1)C(=O)C1CCCC1. The molecule has 0 bridgehead atoms. The minimum absolute atomic E-state index is 0.00536. The van der Waals surface area contributed by atoms with Crippen molar-refractivity contribution in [2.24, 2.45) is 11.0 Å². The van der Waals surface area contributed by atoms with Crippen LogP contribution in [0.4, 0.5) is 0 Å². The van der Waals surface area contributed by atoms with Gasteiger partial charge in [0.25, 0.3) is 5.91 Å². The zero-order valence-corrected chi connectivity index (χ0v) is 24.0. The Kier molecular flexibility index (Phi) is 9.87. The first-order valence-corrected chi connectivity index (χ1v) is 13.6. The molecule has 0 aromatic heterocycles. The molecule has 0 radical (unpaired) electrons. The number of ether oxygens (including phenoxy) is 5. The third-order valence-electron chi connectivity index (χ3n) is 7.59. The lowest BCUT2D eigenvalue weighted by Crippen LogP contribution is -2.44. The maximum atomic E-state index is 13.9. The highest BCUT2D eigenvalue weighted by Gasteiger charge is 2.37. The van der Waals surface area contributed by atoms with Gasteiger partial charge in [0.15, 0.2) is 11.5 Å². The van der Waals surface area contributed by atoms with Crippen LogP contribution in [-0.4, -0.2) is 82.7 Å². The molecule has 40 heavy (non-hydrogen) atoms. The van der Waals surface area contributed by atoms with Gasteiger partial charge in [-0.1, -0.05) is 18.9 Å². The lowest BCUT2D eigenvalue weighted by Gasteiger charge is -2.28. The Bertz CT molecular complexity index is 1230. The molecular weight excluding hydrogens is 514 g/mol. The third-order valence-corrected chi connectivity index (χ3v) is 7.59. The van der Waals surface area contributed by atoms with Crippen LogP contribution < -0.4 is 18.9 Å².